The highest BCUT2D eigenvalue weighted by atomic mass is 35.5. The average molecular weight is 366 g/mol. The van der Waals surface area contributed by atoms with Crippen LogP contribution in [-0.4, -0.2) is 9.97 Å². The first kappa shape index (κ1) is 16.1. The van der Waals surface area contributed by atoms with Crippen molar-refractivity contribution in [2.24, 2.45) is 0 Å². The molecule has 5 heteroatoms. The molecule has 0 amide bonds. The van der Waals surface area contributed by atoms with Crippen molar-refractivity contribution < 1.29 is 0 Å². The summed E-state index contributed by atoms with van der Waals surface area (Å²) in [6, 6.07) is 16.3. The fourth-order valence-electron chi connectivity index (χ4n) is 2.77. The van der Waals surface area contributed by atoms with Crippen molar-refractivity contribution in [2.45, 2.75) is 13.3 Å². The first-order valence-electron chi connectivity index (χ1n) is 8.08. The summed E-state index contributed by atoms with van der Waals surface area (Å²) in [5.74, 6) is 0.808. The molecule has 0 saturated heterocycles. The molecule has 0 atom stereocenters. The van der Waals surface area contributed by atoms with Gasteiger partial charge in [0.05, 0.1) is 5.39 Å². The van der Waals surface area contributed by atoms with Gasteiger partial charge >= 0.3 is 0 Å². The maximum absolute atomic E-state index is 5.97. The number of aromatic nitrogens is 2. The van der Waals surface area contributed by atoms with Gasteiger partial charge in [-0.2, -0.15) is 0 Å². The molecule has 3 nitrogen and oxygen atoms in total. The van der Waals surface area contributed by atoms with Crippen LogP contribution in [0.1, 0.15) is 12.5 Å². The molecule has 1 N–H and O–H groups in total. The summed E-state index contributed by atoms with van der Waals surface area (Å²) < 4.78 is 0. The highest BCUT2D eigenvalue weighted by Gasteiger charge is 2.13. The van der Waals surface area contributed by atoms with Crippen LogP contribution in [0.4, 0.5) is 11.5 Å². The van der Waals surface area contributed by atoms with Gasteiger partial charge in [-0.15, -0.1) is 11.3 Å². The summed E-state index contributed by atoms with van der Waals surface area (Å²) >= 11 is 7.60. The summed E-state index contributed by atoms with van der Waals surface area (Å²) in [6.45, 7) is 2.16. The van der Waals surface area contributed by atoms with Crippen LogP contribution < -0.4 is 5.32 Å². The molecule has 4 rings (SSSR count). The number of halogens is 1. The van der Waals surface area contributed by atoms with Gasteiger partial charge in [-0.05, 0) is 41.8 Å². The van der Waals surface area contributed by atoms with Crippen molar-refractivity contribution in [3.05, 3.63) is 70.8 Å². The number of fused-ring (bicyclic) bond motifs is 1. The van der Waals surface area contributed by atoms with Crippen molar-refractivity contribution in [1.29, 1.82) is 0 Å². The number of benzene rings is 2. The first-order valence-corrected chi connectivity index (χ1v) is 9.34. The molecule has 0 aliphatic heterocycles. The third-order valence-corrected chi connectivity index (χ3v) is 5.29. The third kappa shape index (κ3) is 3.23. The summed E-state index contributed by atoms with van der Waals surface area (Å²) in [7, 11) is 0. The molecule has 0 unspecified atom stereocenters. The monoisotopic (exact) mass is 365 g/mol. The molecule has 2 aromatic heterocycles. The van der Waals surface area contributed by atoms with Crippen LogP contribution in [0.15, 0.2) is 60.2 Å². The van der Waals surface area contributed by atoms with Gasteiger partial charge in [0.15, 0.2) is 0 Å². The molecule has 124 valence electrons. The number of nitrogens with one attached hydrogen (secondary N) is 1. The quantitative estimate of drug-likeness (QED) is 0.460. The van der Waals surface area contributed by atoms with Gasteiger partial charge in [0.25, 0.3) is 0 Å². The predicted octanol–water partition coefficient (Wildman–Crippen LogP) is 6.32. The van der Waals surface area contributed by atoms with Crippen molar-refractivity contribution in [3.63, 3.8) is 0 Å². The minimum atomic E-state index is 0.714. The molecule has 0 bridgehead atoms. The second-order valence-corrected chi connectivity index (χ2v) is 7.03. The van der Waals surface area contributed by atoms with E-state index in [0.29, 0.717) is 5.02 Å². The summed E-state index contributed by atoms with van der Waals surface area (Å²) in [4.78, 5) is 9.87. The first-order chi connectivity index (χ1) is 12.2. The number of hydrogen-bond acceptors (Lipinski definition) is 4. The van der Waals surface area contributed by atoms with E-state index in [4.69, 9.17) is 11.6 Å². The zero-order chi connectivity index (χ0) is 17.2. The summed E-state index contributed by atoms with van der Waals surface area (Å²) in [5.41, 5.74) is 4.61. The lowest BCUT2D eigenvalue weighted by Crippen LogP contribution is -1.95. The maximum atomic E-state index is 5.97. The van der Waals surface area contributed by atoms with E-state index in [1.165, 1.54) is 11.1 Å². The summed E-state index contributed by atoms with van der Waals surface area (Å²) in [5, 5.41) is 7.30. The van der Waals surface area contributed by atoms with E-state index in [-0.39, 0.29) is 0 Å². The Kier molecular flexibility index (Phi) is 4.38. The largest absolute Gasteiger partial charge is 0.340 e. The van der Waals surface area contributed by atoms with Gasteiger partial charge in [-0.1, -0.05) is 42.8 Å². The van der Waals surface area contributed by atoms with Crippen LogP contribution in [0.3, 0.4) is 0 Å². The third-order valence-electron chi connectivity index (χ3n) is 4.15. The number of aryl methyl sites for hydroxylation is 1. The van der Waals surface area contributed by atoms with Gasteiger partial charge < -0.3 is 5.32 Å². The fraction of sp³-hybridized carbons (Fsp3) is 0.100. The van der Waals surface area contributed by atoms with E-state index in [1.807, 2.05) is 24.3 Å². The van der Waals surface area contributed by atoms with E-state index in [0.717, 1.165) is 33.7 Å². The Morgan fingerprint density at radius 2 is 1.76 bits per heavy atom. The molecule has 25 heavy (non-hydrogen) atoms. The Bertz CT molecular complexity index is 1010. The van der Waals surface area contributed by atoms with Crippen molar-refractivity contribution in [2.75, 3.05) is 5.32 Å². The molecular weight excluding hydrogens is 350 g/mol. The van der Waals surface area contributed by atoms with Gasteiger partial charge in [0.2, 0.25) is 0 Å². The Hall–Kier alpha value is -2.43. The molecule has 0 fully saturated rings. The van der Waals surface area contributed by atoms with Gasteiger partial charge in [0, 0.05) is 21.7 Å². The highest BCUT2D eigenvalue weighted by molar-refractivity contribution is 7.17. The number of nitrogens with zero attached hydrogens (tertiary/aromatic N) is 2. The number of rotatable bonds is 4. The van der Waals surface area contributed by atoms with E-state index in [2.05, 4.69) is 51.9 Å². The van der Waals surface area contributed by atoms with Crippen LogP contribution in [0.25, 0.3) is 21.3 Å². The zero-order valence-electron chi connectivity index (χ0n) is 13.7. The van der Waals surface area contributed by atoms with Crippen LogP contribution in [0, 0.1) is 0 Å². The Labute approximate surface area is 155 Å². The Morgan fingerprint density at radius 3 is 2.48 bits per heavy atom. The molecule has 0 aliphatic carbocycles. The van der Waals surface area contributed by atoms with Crippen molar-refractivity contribution in [3.8, 4) is 11.1 Å². The van der Waals surface area contributed by atoms with Gasteiger partial charge in [-0.25, -0.2) is 9.97 Å². The SMILES string of the molecule is CCc1ccc(-c2csc3ncnc(Nc4ccc(Cl)cc4)c23)cc1. The molecule has 0 spiro atoms. The summed E-state index contributed by atoms with van der Waals surface area (Å²) in [6.07, 6.45) is 2.64. The second kappa shape index (κ2) is 6.82. The van der Waals surface area contributed by atoms with E-state index in [9.17, 15) is 0 Å². The molecule has 4 aromatic rings. The van der Waals surface area contributed by atoms with Crippen LogP contribution in [0.2, 0.25) is 5.02 Å². The van der Waals surface area contributed by atoms with Gasteiger partial charge in [-0.3, -0.25) is 0 Å². The zero-order valence-corrected chi connectivity index (χ0v) is 15.2. The lowest BCUT2D eigenvalue weighted by atomic mass is 10.0. The lowest BCUT2D eigenvalue weighted by Gasteiger charge is -2.09. The fourth-order valence-corrected chi connectivity index (χ4v) is 3.81. The van der Waals surface area contributed by atoms with E-state index < -0.39 is 0 Å². The minimum Gasteiger partial charge on any atom is -0.340 e. The number of hydrogen-bond donors (Lipinski definition) is 1. The highest BCUT2D eigenvalue weighted by Crippen LogP contribution is 2.37. The number of anilines is 2. The normalized spacial score (nSPS) is 11.0. The number of thiophene rings is 1. The second-order valence-electron chi connectivity index (χ2n) is 5.73. The van der Waals surface area contributed by atoms with Gasteiger partial charge in [0.1, 0.15) is 17.0 Å². The average Bonchev–Trinajstić information content (AvgIpc) is 3.09. The molecule has 2 aromatic carbocycles. The van der Waals surface area contributed by atoms with E-state index >= 15 is 0 Å². The molecular formula is C20H16ClN3S. The minimum absolute atomic E-state index is 0.714. The van der Waals surface area contributed by atoms with Crippen molar-refractivity contribution in [1.82, 2.24) is 9.97 Å². The molecule has 0 saturated carbocycles. The molecule has 0 radical (unpaired) electrons. The standard InChI is InChI=1S/C20H16ClN3S/c1-2-13-3-5-14(6-4-13)17-11-25-20-18(17)19(22-12-23-20)24-16-9-7-15(21)8-10-16/h3-12H,2H2,1H3,(H,22,23,24). The Balaban J connectivity index is 1.79. The smallest absolute Gasteiger partial charge is 0.143 e. The molecule has 2 heterocycles. The maximum Gasteiger partial charge on any atom is 0.143 e. The Morgan fingerprint density at radius 1 is 1.00 bits per heavy atom. The topological polar surface area (TPSA) is 37.8 Å². The van der Waals surface area contributed by atoms with E-state index in [1.54, 1.807) is 17.7 Å². The lowest BCUT2D eigenvalue weighted by molar-refractivity contribution is 1.14. The van der Waals surface area contributed by atoms with Crippen LogP contribution in [0.5, 0.6) is 0 Å². The van der Waals surface area contributed by atoms with Crippen LogP contribution >= 0.6 is 22.9 Å². The molecule has 0 aliphatic rings. The van der Waals surface area contributed by atoms with Crippen LogP contribution in [-0.2, 0) is 6.42 Å². The predicted molar refractivity (Wildman–Crippen MR) is 107 cm³/mol. The van der Waals surface area contributed by atoms with Crippen molar-refractivity contribution >= 4 is 44.7 Å².